The van der Waals surface area contributed by atoms with Crippen molar-refractivity contribution in [3.63, 3.8) is 0 Å². The first kappa shape index (κ1) is 15.2. The number of hydrogen-bond acceptors (Lipinski definition) is 3. The average Bonchev–Trinajstić information content (AvgIpc) is 2.77. The van der Waals surface area contributed by atoms with Crippen molar-refractivity contribution < 1.29 is 9.59 Å². The highest BCUT2D eigenvalue weighted by Crippen LogP contribution is 2.36. The van der Waals surface area contributed by atoms with Gasteiger partial charge in [0, 0.05) is 16.0 Å². The molecule has 0 aromatic heterocycles. The van der Waals surface area contributed by atoms with Crippen LogP contribution in [0.1, 0.15) is 0 Å². The molecule has 0 saturated carbocycles. The van der Waals surface area contributed by atoms with Gasteiger partial charge in [0.2, 0.25) is 0 Å². The van der Waals surface area contributed by atoms with Gasteiger partial charge in [-0.2, -0.15) is 0 Å². The maximum absolute atomic E-state index is 12.5. The monoisotopic (exact) mass is 349 g/mol. The molecular weight excluding hydrogens is 341 g/mol. The molecule has 0 saturated heterocycles. The number of hydrogen-bond donors (Lipinski definition) is 0. The fourth-order valence-electron chi connectivity index (χ4n) is 2.01. The van der Waals surface area contributed by atoms with E-state index >= 15 is 0 Å². The SMILES string of the molecule is O=C1C=C(Sc2ccc(Cl)cc2)C(=O)N1c1ccccc1Cl. The molecular formula is C16H9Cl2NO2S. The van der Waals surface area contributed by atoms with Gasteiger partial charge in [0.15, 0.2) is 0 Å². The molecule has 22 heavy (non-hydrogen) atoms. The second-order valence-electron chi connectivity index (χ2n) is 4.49. The van der Waals surface area contributed by atoms with Crippen molar-refractivity contribution in [2.75, 3.05) is 4.90 Å². The van der Waals surface area contributed by atoms with Crippen LogP contribution in [0, 0.1) is 0 Å². The predicted octanol–water partition coefficient (Wildman–Crippen LogP) is 4.54. The molecule has 0 spiro atoms. The smallest absolute Gasteiger partial charge is 0.269 e. The molecule has 0 N–H and O–H groups in total. The van der Waals surface area contributed by atoms with E-state index in [0.717, 1.165) is 9.80 Å². The Morgan fingerprint density at radius 3 is 2.27 bits per heavy atom. The van der Waals surface area contributed by atoms with Crippen LogP contribution in [0.25, 0.3) is 0 Å². The number of carbonyl (C=O) groups is 2. The van der Waals surface area contributed by atoms with Crippen molar-refractivity contribution in [1.29, 1.82) is 0 Å². The van der Waals surface area contributed by atoms with Crippen molar-refractivity contribution in [2.24, 2.45) is 0 Å². The van der Waals surface area contributed by atoms with Gasteiger partial charge in [-0.05, 0) is 36.4 Å². The standard InChI is InChI=1S/C16H9Cl2NO2S/c17-10-5-7-11(8-6-10)22-14-9-15(20)19(16(14)21)13-4-2-1-3-12(13)18/h1-9H. The molecule has 2 aromatic carbocycles. The van der Waals surface area contributed by atoms with Crippen LogP contribution in [0.2, 0.25) is 10.0 Å². The summed E-state index contributed by atoms with van der Waals surface area (Å²) in [5, 5.41) is 0.972. The van der Waals surface area contributed by atoms with Gasteiger partial charge in [0.25, 0.3) is 11.8 Å². The first-order valence-electron chi connectivity index (χ1n) is 6.34. The molecule has 3 nitrogen and oxygen atoms in total. The molecule has 0 atom stereocenters. The Bertz CT molecular complexity index is 787. The largest absolute Gasteiger partial charge is 0.272 e. The van der Waals surface area contributed by atoms with E-state index < -0.39 is 5.91 Å². The third-order valence-corrected chi connectivity index (χ3v) is 4.62. The topological polar surface area (TPSA) is 37.4 Å². The third kappa shape index (κ3) is 2.90. The number of carbonyl (C=O) groups excluding carboxylic acids is 2. The predicted molar refractivity (Wildman–Crippen MR) is 89.3 cm³/mol. The molecule has 1 aliphatic rings. The zero-order chi connectivity index (χ0) is 15.7. The summed E-state index contributed by atoms with van der Waals surface area (Å²) in [6, 6.07) is 13.8. The van der Waals surface area contributed by atoms with Gasteiger partial charge < -0.3 is 0 Å². The summed E-state index contributed by atoms with van der Waals surface area (Å²) in [5.41, 5.74) is 0.391. The average molecular weight is 350 g/mol. The lowest BCUT2D eigenvalue weighted by molar-refractivity contribution is -0.120. The Hall–Kier alpha value is -1.75. The van der Waals surface area contributed by atoms with Gasteiger partial charge in [0.05, 0.1) is 15.6 Å². The summed E-state index contributed by atoms with van der Waals surface area (Å²) in [5.74, 6) is -0.771. The van der Waals surface area contributed by atoms with E-state index in [1.54, 1.807) is 48.5 Å². The summed E-state index contributed by atoms with van der Waals surface area (Å²) < 4.78 is 0. The molecule has 1 aliphatic heterocycles. The van der Waals surface area contributed by atoms with E-state index in [1.165, 1.54) is 17.8 Å². The number of imide groups is 1. The lowest BCUT2D eigenvalue weighted by Crippen LogP contribution is -2.30. The molecule has 0 radical (unpaired) electrons. The minimum absolute atomic E-state index is 0.354. The lowest BCUT2D eigenvalue weighted by Gasteiger charge is -2.16. The number of para-hydroxylation sites is 1. The van der Waals surface area contributed by atoms with Crippen molar-refractivity contribution in [3.8, 4) is 0 Å². The van der Waals surface area contributed by atoms with Gasteiger partial charge in [-0.15, -0.1) is 0 Å². The number of nitrogens with zero attached hydrogens (tertiary/aromatic N) is 1. The van der Waals surface area contributed by atoms with Crippen LogP contribution < -0.4 is 4.90 Å². The molecule has 3 rings (SSSR count). The van der Waals surface area contributed by atoms with Gasteiger partial charge in [-0.25, -0.2) is 4.90 Å². The van der Waals surface area contributed by atoms with E-state index in [9.17, 15) is 9.59 Å². The highest BCUT2D eigenvalue weighted by Gasteiger charge is 2.33. The first-order valence-corrected chi connectivity index (χ1v) is 7.91. The summed E-state index contributed by atoms with van der Waals surface area (Å²) in [4.78, 5) is 26.9. The number of anilines is 1. The maximum Gasteiger partial charge on any atom is 0.272 e. The molecule has 2 aromatic rings. The molecule has 1 heterocycles. The molecule has 0 fully saturated rings. The van der Waals surface area contributed by atoms with Gasteiger partial charge in [-0.1, -0.05) is 47.1 Å². The minimum atomic E-state index is -0.394. The zero-order valence-electron chi connectivity index (χ0n) is 11.1. The quantitative estimate of drug-likeness (QED) is 0.763. The van der Waals surface area contributed by atoms with Crippen molar-refractivity contribution in [1.82, 2.24) is 0 Å². The van der Waals surface area contributed by atoms with Crippen LogP contribution in [0.15, 0.2) is 64.4 Å². The van der Waals surface area contributed by atoms with E-state index in [4.69, 9.17) is 23.2 Å². The molecule has 0 unspecified atom stereocenters. The third-order valence-electron chi connectivity index (χ3n) is 3.02. The number of thioether (sulfide) groups is 1. The fourth-order valence-corrected chi connectivity index (χ4v) is 3.22. The summed E-state index contributed by atoms with van der Waals surface area (Å²) in [7, 11) is 0. The molecule has 0 aliphatic carbocycles. The van der Waals surface area contributed by atoms with Crippen LogP contribution in [-0.2, 0) is 9.59 Å². The van der Waals surface area contributed by atoms with Crippen molar-refractivity contribution in [2.45, 2.75) is 4.90 Å². The summed E-state index contributed by atoms with van der Waals surface area (Å²) >= 11 is 13.1. The zero-order valence-corrected chi connectivity index (χ0v) is 13.5. The van der Waals surface area contributed by atoms with E-state index in [0.29, 0.717) is 20.6 Å². The Morgan fingerprint density at radius 2 is 1.59 bits per heavy atom. The van der Waals surface area contributed by atoms with Crippen LogP contribution in [0.3, 0.4) is 0 Å². The van der Waals surface area contributed by atoms with Crippen LogP contribution in [-0.4, -0.2) is 11.8 Å². The number of benzene rings is 2. The lowest BCUT2D eigenvalue weighted by atomic mass is 10.3. The van der Waals surface area contributed by atoms with Crippen LogP contribution >= 0.6 is 35.0 Å². The molecule has 110 valence electrons. The first-order chi connectivity index (χ1) is 10.6. The summed E-state index contributed by atoms with van der Waals surface area (Å²) in [6.45, 7) is 0. The Balaban J connectivity index is 1.86. The van der Waals surface area contributed by atoms with Crippen molar-refractivity contribution >= 4 is 52.5 Å². The van der Waals surface area contributed by atoms with Gasteiger partial charge in [-0.3, -0.25) is 9.59 Å². The van der Waals surface area contributed by atoms with E-state index in [1.807, 2.05) is 0 Å². The second-order valence-corrected chi connectivity index (χ2v) is 6.45. The summed E-state index contributed by atoms with van der Waals surface area (Å²) in [6.07, 6.45) is 1.32. The fraction of sp³-hybridized carbons (Fsp3) is 0. The van der Waals surface area contributed by atoms with Gasteiger partial charge >= 0.3 is 0 Å². The molecule has 0 bridgehead atoms. The Kier molecular flexibility index (Phi) is 4.25. The van der Waals surface area contributed by atoms with Crippen LogP contribution in [0.5, 0.6) is 0 Å². The molecule has 6 heteroatoms. The Morgan fingerprint density at radius 1 is 0.909 bits per heavy atom. The Labute approximate surface area is 141 Å². The van der Waals surface area contributed by atoms with Crippen molar-refractivity contribution in [3.05, 3.63) is 69.6 Å². The maximum atomic E-state index is 12.5. The van der Waals surface area contributed by atoms with Crippen LogP contribution in [0.4, 0.5) is 5.69 Å². The number of halogens is 2. The number of amides is 2. The highest BCUT2D eigenvalue weighted by molar-refractivity contribution is 8.04. The second kappa shape index (κ2) is 6.16. The van der Waals surface area contributed by atoms with E-state index in [-0.39, 0.29) is 5.91 Å². The highest BCUT2D eigenvalue weighted by atomic mass is 35.5. The minimum Gasteiger partial charge on any atom is -0.269 e. The molecule has 2 amide bonds. The number of rotatable bonds is 3. The van der Waals surface area contributed by atoms with Gasteiger partial charge in [0.1, 0.15) is 0 Å². The van der Waals surface area contributed by atoms with E-state index in [2.05, 4.69) is 0 Å². The normalized spacial score (nSPS) is 14.5.